The van der Waals surface area contributed by atoms with Crippen LogP contribution in [0.15, 0.2) is 35.9 Å². The predicted octanol–water partition coefficient (Wildman–Crippen LogP) is 2.88. The van der Waals surface area contributed by atoms with Crippen molar-refractivity contribution in [2.75, 3.05) is 13.7 Å². The number of aromatic amines is 1. The molecule has 2 heterocycles. The summed E-state index contributed by atoms with van der Waals surface area (Å²) in [6.07, 6.45) is 2.59. The lowest BCUT2D eigenvalue weighted by atomic mass is 9.70. The Morgan fingerprint density at radius 3 is 2.68 bits per heavy atom. The van der Waals surface area contributed by atoms with Crippen molar-refractivity contribution >= 4 is 28.6 Å². The van der Waals surface area contributed by atoms with E-state index in [-0.39, 0.29) is 36.0 Å². The molecule has 0 saturated carbocycles. The van der Waals surface area contributed by atoms with Gasteiger partial charge in [-0.15, -0.1) is 0 Å². The van der Waals surface area contributed by atoms with Crippen molar-refractivity contribution in [3.63, 3.8) is 0 Å². The Labute approximate surface area is 163 Å². The lowest BCUT2D eigenvalue weighted by molar-refractivity contribution is -0.153. The SMILES string of the molecule is C/C=C1/CN(C(C)=O)[C@H]2Cc3c([nH]c4ccccc34)C(=O)C[C@@H]1[C@@H]2C(=O)OC. The molecule has 1 saturated heterocycles. The van der Waals surface area contributed by atoms with Gasteiger partial charge in [-0.2, -0.15) is 0 Å². The van der Waals surface area contributed by atoms with Crippen molar-refractivity contribution in [1.29, 1.82) is 0 Å². The average Bonchev–Trinajstić information content (AvgIpc) is 3.05. The number of benzene rings is 1. The number of para-hydroxylation sites is 1. The molecule has 1 N–H and O–H groups in total. The van der Waals surface area contributed by atoms with Gasteiger partial charge in [0.05, 0.1) is 24.8 Å². The number of ether oxygens (including phenoxy) is 1. The number of aromatic nitrogens is 1. The fourth-order valence-corrected chi connectivity index (χ4v) is 4.89. The fourth-order valence-electron chi connectivity index (χ4n) is 4.89. The number of methoxy groups -OCH3 is 1. The standard InChI is InChI=1S/C22H24N2O4/c1-4-13-11-24(12(2)25)18-9-16-14-7-5-6-8-17(14)23-21(16)19(26)10-15(13)20(18)22(27)28-3/h4-8,15,18,20,23H,9-11H2,1-3H3/b13-4-/t15-,18-,20-/m0/s1. The van der Waals surface area contributed by atoms with Crippen LogP contribution < -0.4 is 0 Å². The molecular weight excluding hydrogens is 356 g/mol. The van der Waals surface area contributed by atoms with Gasteiger partial charge >= 0.3 is 5.97 Å². The Kier molecular flexibility index (Phi) is 4.57. The topological polar surface area (TPSA) is 79.5 Å². The highest BCUT2D eigenvalue weighted by atomic mass is 16.5. The summed E-state index contributed by atoms with van der Waals surface area (Å²) < 4.78 is 5.11. The average molecular weight is 380 g/mol. The molecule has 1 aliphatic heterocycles. The lowest BCUT2D eigenvalue weighted by Gasteiger charge is -2.46. The first kappa shape index (κ1) is 18.5. The van der Waals surface area contributed by atoms with Crippen molar-refractivity contribution in [2.24, 2.45) is 11.8 Å². The van der Waals surface area contributed by atoms with Gasteiger partial charge < -0.3 is 14.6 Å². The largest absolute Gasteiger partial charge is 0.469 e. The molecule has 6 nitrogen and oxygen atoms in total. The second-order valence-corrected chi connectivity index (χ2v) is 7.59. The highest BCUT2D eigenvalue weighted by molar-refractivity contribution is 6.03. The second kappa shape index (κ2) is 6.93. The molecule has 1 aromatic heterocycles. The van der Waals surface area contributed by atoms with E-state index in [0.717, 1.165) is 22.0 Å². The summed E-state index contributed by atoms with van der Waals surface area (Å²) >= 11 is 0. The summed E-state index contributed by atoms with van der Waals surface area (Å²) in [5, 5.41) is 0.966. The first-order chi connectivity index (χ1) is 13.5. The summed E-state index contributed by atoms with van der Waals surface area (Å²) in [7, 11) is 1.36. The fraction of sp³-hybridized carbons (Fsp3) is 0.409. The van der Waals surface area contributed by atoms with Gasteiger partial charge in [-0.25, -0.2) is 0 Å². The number of carbonyl (C=O) groups excluding carboxylic acids is 3. The van der Waals surface area contributed by atoms with Gasteiger partial charge in [0.25, 0.3) is 0 Å². The van der Waals surface area contributed by atoms with Crippen molar-refractivity contribution in [2.45, 2.75) is 32.7 Å². The minimum Gasteiger partial charge on any atom is -0.469 e. The molecule has 1 aliphatic carbocycles. The molecule has 2 aromatic rings. The second-order valence-electron chi connectivity index (χ2n) is 7.59. The van der Waals surface area contributed by atoms with Crippen molar-refractivity contribution in [3.8, 4) is 0 Å². The number of hydrogen-bond acceptors (Lipinski definition) is 4. The number of likely N-dealkylation sites (tertiary alicyclic amines) is 1. The maximum Gasteiger partial charge on any atom is 0.311 e. The van der Waals surface area contributed by atoms with Gasteiger partial charge in [-0.05, 0) is 25.0 Å². The maximum atomic E-state index is 13.2. The van der Waals surface area contributed by atoms with Crippen molar-refractivity contribution in [1.82, 2.24) is 9.88 Å². The quantitative estimate of drug-likeness (QED) is 0.609. The van der Waals surface area contributed by atoms with E-state index in [4.69, 9.17) is 4.74 Å². The van der Waals surface area contributed by atoms with E-state index in [0.29, 0.717) is 18.7 Å². The zero-order chi connectivity index (χ0) is 20.0. The number of ketones is 1. The zero-order valence-corrected chi connectivity index (χ0v) is 16.3. The minimum atomic E-state index is -0.556. The normalized spacial score (nSPS) is 26.0. The van der Waals surface area contributed by atoms with Crippen LogP contribution in [0.25, 0.3) is 10.9 Å². The Morgan fingerprint density at radius 2 is 2.00 bits per heavy atom. The van der Waals surface area contributed by atoms with Gasteiger partial charge in [0.2, 0.25) is 5.91 Å². The number of rotatable bonds is 1. The monoisotopic (exact) mass is 380 g/mol. The number of amides is 1. The number of hydrogen-bond donors (Lipinski definition) is 1. The van der Waals surface area contributed by atoms with Crippen molar-refractivity contribution in [3.05, 3.63) is 47.2 Å². The van der Waals surface area contributed by atoms with Crippen LogP contribution in [0.3, 0.4) is 0 Å². The molecule has 4 rings (SSSR count). The number of esters is 1. The van der Waals surface area contributed by atoms with Gasteiger partial charge in [-0.1, -0.05) is 29.8 Å². The Balaban J connectivity index is 1.94. The number of piperidine rings is 1. The number of allylic oxidation sites excluding steroid dienone is 1. The zero-order valence-electron chi connectivity index (χ0n) is 16.3. The third-order valence-electron chi connectivity index (χ3n) is 6.24. The minimum absolute atomic E-state index is 0.000761. The smallest absolute Gasteiger partial charge is 0.311 e. The summed E-state index contributed by atoms with van der Waals surface area (Å²) in [6, 6.07) is 7.43. The van der Waals surface area contributed by atoms with Crippen LogP contribution in [0.5, 0.6) is 0 Å². The van der Waals surface area contributed by atoms with Crippen LogP contribution in [-0.2, 0) is 20.7 Å². The maximum absolute atomic E-state index is 13.2. The van der Waals surface area contributed by atoms with Crippen LogP contribution >= 0.6 is 0 Å². The number of nitrogens with one attached hydrogen (secondary N) is 1. The first-order valence-electron chi connectivity index (χ1n) is 9.59. The van der Waals surface area contributed by atoms with Crippen LogP contribution in [0.1, 0.15) is 36.3 Å². The lowest BCUT2D eigenvalue weighted by Crippen LogP contribution is -2.56. The molecule has 2 aliphatic rings. The molecule has 146 valence electrons. The van der Waals surface area contributed by atoms with E-state index < -0.39 is 5.92 Å². The Morgan fingerprint density at radius 1 is 1.25 bits per heavy atom. The molecule has 2 bridgehead atoms. The van der Waals surface area contributed by atoms with E-state index >= 15 is 0 Å². The van der Waals surface area contributed by atoms with Gasteiger partial charge in [0, 0.05) is 36.7 Å². The van der Waals surface area contributed by atoms with E-state index in [1.165, 1.54) is 14.0 Å². The summed E-state index contributed by atoms with van der Waals surface area (Å²) in [6.45, 7) is 3.86. The molecule has 0 radical (unpaired) electrons. The molecule has 3 atom stereocenters. The molecule has 6 heteroatoms. The van der Waals surface area contributed by atoms with E-state index in [1.54, 1.807) is 4.90 Å². The van der Waals surface area contributed by atoms with Gasteiger partial charge in [0.1, 0.15) is 0 Å². The number of fused-ring (bicyclic) bond motifs is 5. The molecule has 0 spiro atoms. The van der Waals surface area contributed by atoms with Crippen molar-refractivity contribution < 1.29 is 19.1 Å². The van der Waals surface area contributed by atoms with Crippen LogP contribution in [0, 0.1) is 11.8 Å². The molecule has 0 unspecified atom stereocenters. The molecule has 1 fully saturated rings. The number of H-pyrrole nitrogens is 1. The Bertz CT molecular complexity index is 1000. The van der Waals surface area contributed by atoms with Gasteiger partial charge in [-0.3, -0.25) is 14.4 Å². The third-order valence-corrected chi connectivity index (χ3v) is 6.24. The summed E-state index contributed by atoms with van der Waals surface area (Å²) in [5.41, 5.74) is 3.32. The molecular formula is C22H24N2O4. The molecule has 1 aromatic carbocycles. The van der Waals surface area contributed by atoms with E-state index in [1.807, 2.05) is 37.3 Å². The summed E-state index contributed by atoms with van der Waals surface area (Å²) in [5.74, 6) is -1.26. The number of Topliss-reactive ketones (excluding diaryl/α,β-unsaturated/α-hetero) is 1. The predicted molar refractivity (Wildman–Crippen MR) is 105 cm³/mol. The van der Waals surface area contributed by atoms with Crippen LogP contribution in [-0.4, -0.2) is 47.2 Å². The Hall–Kier alpha value is -2.89. The van der Waals surface area contributed by atoms with Gasteiger partial charge in [0.15, 0.2) is 5.78 Å². The number of carbonyl (C=O) groups is 3. The molecule has 1 amide bonds. The highest BCUT2D eigenvalue weighted by Gasteiger charge is 2.48. The van der Waals surface area contributed by atoms with E-state index in [2.05, 4.69) is 4.98 Å². The van der Waals surface area contributed by atoms with E-state index in [9.17, 15) is 14.4 Å². The number of nitrogens with zero attached hydrogens (tertiary/aromatic N) is 1. The first-order valence-corrected chi connectivity index (χ1v) is 9.59. The van der Waals surface area contributed by atoms with Crippen LogP contribution in [0.4, 0.5) is 0 Å². The highest BCUT2D eigenvalue weighted by Crippen LogP contribution is 2.42. The summed E-state index contributed by atoms with van der Waals surface area (Å²) in [4.78, 5) is 43.5. The third kappa shape index (κ3) is 2.75. The van der Waals surface area contributed by atoms with Crippen LogP contribution in [0.2, 0.25) is 0 Å². The molecule has 28 heavy (non-hydrogen) atoms.